The van der Waals surface area contributed by atoms with E-state index in [1.807, 2.05) is 6.92 Å². The van der Waals surface area contributed by atoms with Crippen LogP contribution in [0.3, 0.4) is 0 Å². The Morgan fingerprint density at radius 1 is 0.433 bits per heavy atom. The summed E-state index contributed by atoms with van der Waals surface area (Å²) in [4.78, 5) is 62.3. The number of carbonyl (C=O) groups is 5. The number of aliphatic hydroxyl groups excluding tert-OH is 5. The van der Waals surface area contributed by atoms with Crippen LogP contribution in [0.5, 0.6) is 0 Å². The van der Waals surface area contributed by atoms with E-state index in [1.165, 1.54) is 27.7 Å². The maximum absolute atomic E-state index is 12.9. The van der Waals surface area contributed by atoms with Crippen molar-refractivity contribution in [2.75, 3.05) is 0 Å². The van der Waals surface area contributed by atoms with Crippen LogP contribution in [0.15, 0.2) is 0 Å². The van der Waals surface area contributed by atoms with Gasteiger partial charge >= 0.3 is 29.8 Å². The Morgan fingerprint density at radius 3 is 1.40 bits per heavy atom. The molecule has 0 aromatic rings. The lowest BCUT2D eigenvalue weighted by atomic mass is 9.95. The molecule has 5 N–H and O–H groups in total. The minimum atomic E-state index is -1.95. The molecule has 344 valence electrons. The summed E-state index contributed by atoms with van der Waals surface area (Å²) in [6, 6.07) is 0. The number of aliphatic hydroxyl groups is 5. The third-order valence-electron chi connectivity index (χ3n) is 10.4. The van der Waals surface area contributed by atoms with Gasteiger partial charge in [-0.2, -0.15) is 0 Å². The maximum Gasteiger partial charge on any atom is 0.306 e. The van der Waals surface area contributed by atoms with Gasteiger partial charge in [-0.05, 0) is 34.1 Å². The van der Waals surface area contributed by atoms with E-state index in [0.717, 1.165) is 40.5 Å². The van der Waals surface area contributed by atoms with Crippen LogP contribution < -0.4 is 0 Å². The number of carbonyl (C=O) groups excluding carboxylic acids is 5. The maximum atomic E-state index is 12.9. The molecule has 0 unspecified atom stereocenters. The lowest BCUT2D eigenvalue weighted by molar-refractivity contribution is -0.384. The van der Waals surface area contributed by atoms with Crippen molar-refractivity contribution in [3.05, 3.63) is 0 Å². The second-order valence-corrected chi connectivity index (χ2v) is 15.3. The lowest BCUT2D eigenvalue weighted by Gasteiger charge is -2.50. The largest absolute Gasteiger partial charge is 0.457 e. The normalized spacial score (nSPS) is 42.0. The van der Waals surface area contributed by atoms with Crippen molar-refractivity contribution in [1.29, 1.82) is 0 Å². The second-order valence-electron chi connectivity index (χ2n) is 15.3. The Morgan fingerprint density at radius 2 is 0.850 bits per heavy atom. The third kappa shape index (κ3) is 12.3. The molecule has 22 heteroatoms. The number of hydrogen-bond acceptors (Lipinski definition) is 22. The minimum absolute atomic E-state index is 0.0411. The zero-order chi connectivity index (χ0) is 44.7. The average molecular weight is 869 g/mol. The van der Waals surface area contributed by atoms with Crippen LogP contribution in [0, 0.1) is 0 Å². The molecule has 0 radical (unpaired) electrons. The average Bonchev–Trinajstić information content (AvgIpc) is 3.15. The molecule has 0 aliphatic carbocycles. The second kappa shape index (κ2) is 21.8. The summed E-state index contributed by atoms with van der Waals surface area (Å²) in [7, 11) is 0. The summed E-state index contributed by atoms with van der Waals surface area (Å²) in [5.74, 6) is -4.07. The van der Waals surface area contributed by atoms with Gasteiger partial charge in [-0.25, -0.2) is 0 Å². The molecule has 4 heterocycles. The molecule has 4 saturated heterocycles. The molecule has 0 amide bonds. The van der Waals surface area contributed by atoms with Crippen LogP contribution in [0.4, 0.5) is 0 Å². The van der Waals surface area contributed by atoms with Gasteiger partial charge in [-0.3, -0.25) is 24.0 Å². The molecule has 0 bridgehead atoms. The van der Waals surface area contributed by atoms with E-state index >= 15 is 0 Å². The molecule has 0 saturated carbocycles. The van der Waals surface area contributed by atoms with Gasteiger partial charge in [-0.15, -0.1) is 0 Å². The van der Waals surface area contributed by atoms with Crippen molar-refractivity contribution >= 4 is 29.8 Å². The zero-order valence-electron chi connectivity index (χ0n) is 35.1. The predicted octanol–water partition coefficient (Wildman–Crippen LogP) is -1.22. The summed E-state index contributed by atoms with van der Waals surface area (Å²) in [6.45, 7) is 12.0. The lowest BCUT2D eigenvalue weighted by Crippen LogP contribution is -2.68. The Balaban J connectivity index is 1.71. The fourth-order valence-corrected chi connectivity index (χ4v) is 7.47. The molecule has 4 aliphatic heterocycles. The summed E-state index contributed by atoms with van der Waals surface area (Å²) in [6.07, 6.45) is -28.6. The van der Waals surface area contributed by atoms with E-state index in [4.69, 9.17) is 56.8 Å². The summed E-state index contributed by atoms with van der Waals surface area (Å²) in [5.41, 5.74) is 0. The molecular formula is C38H60O22. The number of unbranched alkanes of at least 4 members (excludes halogenated alkanes) is 2. The highest BCUT2D eigenvalue weighted by molar-refractivity contribution is 5.69. The van der Waals surface area contributed by atoms with E-state index in [-0.39, 0.29) is 6.42 Å². The number of ether oxygens (including phenoxy) is 12. The molecule has 20 atom stereocenters. The highest BCUT2D eigenvalue weighted by Crippen LogP contribution is 2.37. The Hall–Kier alpha value is -3.13. The minimum Gasteiger partial charge on any atom is -0.457 e. The monoisotopic (exact) mass is 868 g/mol. The van der Waals surface area contributed by atoms with Crippen LogP contribution in [0.1, 0.15) is 88.0 Å². The van der Waals surface area contributed by atoms with Crippen LogP contribution in [0.25, 0.3) is 0 Å². The van der Waals surface area contributed by atoms with Gasteiger partial charge in [0, 0.05) is 34.1 Å². The van der Waals surface area contributed by atoms with Crippen LogP contribution in [-0.2, 0) is 80.8 Å². The van der Waals surface area contributed by atoms with E-state index in [9.17, 15) is 49.5 Å². The Kier molecular flexibility index (Phi) is 18.0. The summed E-state index contributed by atoms with van der Waals surface area (Å²) in [5, 5.41) is 54.9. The first-order valence-corrected chi connectivity index (χ1v) is 20.0. The van der Waals surface area contributed by atoms with Gasteiger partial charge in [0.25, 0.3) is 0 Å². The molecule has 0 spiro atoms. The Bertz CT molecular complexity index is 1460. The summed E-state index contributed by atoms with van der Waals surface area (Å²) >= 11 is 0. The molecular weight excluding hydrogens is 808 g/mol. The topological polar surface area (TPSA) is 297 Å². The van der Waals surface area contributed by atoms with Crippen molar-refractivity contribution < 1.29 is 106 Å². The predicted molar refractivity (Wildman–Crippen MR) is 194 cm³/mol. The van der Waals surface area contributed by atoms with Crippen LogP contribution in [0.2, 0.25) is 0 Å². The standard InChI is InChI=1S/C38H60O22/c1-10-11-12-13-22(43)57-28-15(3)49-35(48)25(46)30(28)58-38-34(56-21(9)42)33(29(17(5)52-38)54-19(7)40)60-36-26(47)31(27(16(4)51-36)53-18(6)39)59-37-32(55-20(8)41)24(45)23(44)14(2)50-37/h14-17,23-38,44-48H,10-13H2,1-9H3/t14-,15-,16-,17-,23-,24+,25+,26+,27-,28-,29-,30-,31-,32+,33+,34+,35+,36-,37-,38-/m0/s1. The smallest absolute Gasteiger partial charge is 0.306 e. The van der Waals surface area contributed by atoms with Crippen molar-refractivity contribution in [2.45, 2.75) is 211 Å². The number of hydrogen-bond donors (Lipinski definition) is 5. The quantitative estimate of drug-likeness (QED) is 0.0732. The molecule has 0 aromatic carbocycles. The van der Waals surface area contributed by atoms with Crippen LogP contribution in [-0.4, -0.2) is 178 Å². The van der Waals surface area contributed by atoms with Crippen LogP contribution >= 0.6 is 0 Å². The molecule has 22 nitrogen and oxygen atoms in total. The molecule has 4 aliphatic rings. The van der Waals surface area contributed by atoms with Crippen molar-refractivity contribution in [1.82, 2.24) is 0 Å². The molecule has 4 fully saturated rings. The van der Waals surface area contributed by atoms with Gasteiger partial charge in [-0.1, -0.05) is 19.8 Å². The molecule has 0 aromatic heterocycles. The van der Waals surface area contributed by atoms with E-state index in [2.05, 4.69) is 0 Å². The van der Waals surface area contributed by atoms with E-state index < -0.39 is 153 Å². The van der Waals surface area contributed by atoms with Gasteiger partial charge in [0.15, 0.2) is 55.7 Å². The van der Waals surface area contributed by atoms with Crippen molar-refractivity contribution in [3.63, 3.8) is 0 Å². The first-order chi connectivity index (χ1) is 28.1. The number of rotatable bonds is 15. The SMILES string of the molecule is CCCCCC(=O)O[C@@H]1[C@@H](O[C@@H]2O[C@@H](C)[C@H](OC(C)=O)[C@@H](O[C@@H]3O[C@@H](C)[C@H](OC(C)=O)[C@@H](O[C@@H]4O[C@@H](C)[C@H](O)[C@@H](O)[C@H]4OC(C)=O)[C@H]3O)[C@H]2OC(C)=O)[C@@H](O)[C@H](O)O[C@H]1C. The Labute approximate surface area is 346 Å². The fourth-order valence-electron chi connectivity index (χ4n) is 7.47. The fraction of sp³-hybridized carbons (Fsp3) is 0.868. The first-order valence-electron chi connectivity index (χ1n) is 20.0. The third-order valence-corrected chi connectivity index (χ3v) is 10.4. The van der Waals surface area contributed by atoms with Crippen molar-refractivity contribution in [3.8, 4) is 0 Å². The number of esters is 5. The van der Waals surface area contributed by atoms with E-state index in [1.54, 1.807) is 0 Å². The van der Waals surface area contributed by atoms with Gasteiger partial charge < -0.3 is 82.4 Å². The van der Waals surface area contributed by atoms with E-state index in [0.29, 0.717) is 6.42 Å². The molecule has 4 rings (SSSR count). The zero-order valence-corrected chi connectivity index (χ0v) is 35.1. The first kappa shape index (κ1) is 49.5. The van der Waals surface area contributed by atoms with Gasteiger partial charge in [0.05, 0.1) is 24.4 Å². The van der Waals surface area contributed by atoms with Gasteiger partial charge in [0.1, 0.15) is 42.7 Å². The van der Waals surface area contributed by atoms with Crippen molar-refractivity contribution in [2.24, 2.45) is 0 Å². The highest BCUT2D eigenvalue weighted by atomic mass is 16.8. The van der Waals surface area contributed by atoms with Gasteiger partial charge in [0.2, 0.25) is 0 Å². The highest BCUT2D eigenvalue weighted by Gasteiger charge is 2.58. The molecule has 60 heavy (non-hydrogen) atoms. The summed E-state index contributed by atoms with van der Waals surface area (Å²) < 4.78 is 69.5.